The van der Waals surface area contributed by atoms with Crippen molar-refractivity contribution in [2.75, 3.05) is 45.4 Å². The SMILES string of the molecule is COc1ccc(C(=O)N/N=C\c2ccc(N3CCOCC3)cc2OC)cc1. The van der Waals surface area contributed by atoms with Crippen LogP contribution in [0.25, 0.3) is 0 Å². The molecular weight excluding hydrogens is 346 g/mol. The van der Waals surface area contributed by atoms with E-state index in [0.717, 1.165) is 37.6 Å². The van der Waals surface area contributed by atoms with E-state index in [1.807, 2.05) is 18.2 Å². The summed E-state index contributed by atoms with van der Waals surface area (Å²) in [6, 6.07) is 12.7. The van der Waals surface area contributed by atoms with Crippen molar-refractivity contribution in [1.29, 1.82) is 0 Å². The number of methoxy groups -OCH3 is 2. The number of rotatable bonds is 6. The van der Waals surface area contributed by atoms with Crippen molar-refractivity contribution >= 4 is 17.8 Å². The molecule has 0 atom stereocenters. The van der Waals surface area contributed by atoms with E-state index in [1.165, 1.54) is 0 Å². The number of nitrogens with zero attached hydrogens (tertiary/aromatic N) is 2. The molecule has 1 aliphatic heterocycles. The van der Waals surface area contributed by atoms with Crippen LogP contribution < -0.4 is 19.8 Å². The predicted molar refractivity (Wildman–Crippen MR) is 104 cm³/mol. The maximum atomic E-state index is 12.1. The first kappa shape index (κ1) is 18.7. The van der Waals surface area contributed by atoms with E-state index >= 15 is 0 Å². The molecule has 1 amide bonds. The van der Waals surface area contributed by atoms with Gasteiger partial charge in [-0.1, -0.05) is 0 Å². The average molecular weight is 369 g/mol. The Bertz CT molecular complexity index is 799. The molecular formula is C20H23N3O4. The summed E-state index contributed by atoms with van der Waals surface area (Å²) < 4.78 is 15.9. The molecule has 0 saturated carbocycles. The number of morpholine rings is 1. The fourth-order valence-corrected chi connectivity index (χ4v) is 2.79. The second-order valence-corrected chi connectivity index (χ2v) is 5.95. The molecule has 0 aliphatic carbocycles. The predicted octanol–water partition coefficient (Wildman–Crippen LogP) is 2.30. The van der Waals surface area contributed by atoms with Crippen LogP contribution in [-0.4, -0.2) is 52.6 Å². The molecule has 7 nitrogen and oxygen atoms in total. The van der Waals surface area contributed by atoms with Gasteiger partial charge >= 0.3 is 0 Å². The van der Waals surface area contributed by atoms with Crippen molar-refractivity contribution in [3.05, 3.63) is 53.6 Å². The molecule has 2 aromatic rings. The molecule has 0 unspecified atom stereocenters. The van der Waals surface area contributed by atoms with E-state index in [1.54, 1.807) is 44.7 Å². The molecule has 0 spiro atoms. The van der Waals surface area contributed by atoms with Gasteiger partial charge in [-0.25, -0.2) is 5.43 Å². The minimum absolute atomic E-state index is 0.294. The normalized spacial score (nSPS) is 14.2. The van der Waals surface area contributed by atoms with Crippen LogP contribution in [-0.2, 0) is 4.74 Å². The summed E-state index contributed by atoms with van der Waals surface area (Å²) in [5.74, 6) is 1.10. The molecule has 0 radical (unpaired) electrons. The van der Waals surface area contributed by atoms with Crippen LogP contribution in [0.15, 0.2) is 47.6 Å². The summed E-state index contributed by atoms with van der Waals surface area (Å²) in [6.07, 6.45) is 1.57. The Balaban J connectivity index is 1.65. The Hall–Kier alpha value is -3.06. The minimum Gasteiger partial charge on any atom is -0.497 e. The molecule has 2 aromatic carbocycles. The van der Waals surface area contributed by atoms with E-state index in [-0.39, 0.29) is 5.91 Å². The molecule has 1 N–H and O–H groups in total. The number of ether oxygens (including phenoxy) is 3. The lowest BCUT2D eigenvalue weighted by atomic mass is 10.1. The van der Waals surface area contributed by atoms with Crippen LogP contribution >= 0.6 is 0 Å². The summed E-state index contributed by atoms with van der Waals surface area (Å²) >= 11 is 0. The van der Waals surface area contributed by atoms with Crippen LogP contribution in [0, 0.1) is 0 Å². The zero-order valence-corrected chi connectivity index (χ0v) is 15.5. The quantitative estimate of drug-likeness (QED) is 0.625. The van der Waals surface area contributed by atoms with Crippen LogP contribution in [0.2, 0.25) is 0 Å². The van der Waals surface area contributed by atoms with Gasteiger partial charge < -0.3 is 19.1 Å². The molecule has 142 valence electrons. The Morgan fingerprint density at radius 3 is 2.52 bits per heavy atom. The van der Waals surface area contributed by atoms with Crippen LogP contribution in [0.5, 0.6) is 11.5 Å². The number of amides is 1. The molecule has 27 heavy (non-hydrogen) atoms. The van der Waals surface area contributed by atoms with Crippen molar-refractivity contribution in [1.82, 2.24) is 5.43 Å². The topological polar surface area (TPSA) is 72.4 Å². The summed E-state index contributed by atoms with van der Waals surface area (Å²) in [4.78, 5) is 14.4. The van der Waals surface area contributed by atoms with E-state index < -0.39 is 0 Å². The third kappa shape index (κ3) is 4.77. The third-order valence-corrected chi connectivity index (χ3v) is 4.32. The average Bonchev–Trinajstić information content (AvgIpc) is 2.74. The summed E-state index contributed by atoms with van der Waals surface area (Å²) in [7, 11) is 3.20. The molecule has 0 aromatic heterocycles. The lowest BCUT2D eigenvalue weighted by molar-refractivity contribution is 0.0955. The fourth-order valence-electron chi connectivity index (χ4n) is 2.79. The first-order chi connectivity index (χ1) is 13.2. The first-order valence-electron chi connectivity index (χ1n) is 8.69. The highest BCUT2D eigenvalue weighted by molar-refractivity contribution is 5.95. The van der Waals surface area contributed by atoms with Gasteiger partial charge in [0.25, 0.3) is 5.91 Å². The van der Waals surface area contributed by atoms with Gasteiger partial charge in [0.1, 0.15) is 11.5 Å². The first-order valence-corrected chi connectivity index (χ1v) is 8.69. The number of hydrogen-bond acceptors (Lipinski definition) is 6. The zero-order valence-electron chi connectivity index (χ0n) is 15.5. The second-order valence-electron chi connectivity index (χ2n) is 5.95. The maximum absolute atomic E-state index is 12.1. The molecule has 7 heteroatoms. The van der Waals surface area contributed by atoms with E-state index in [0.29, 0.717) is 17.1 Å². The summed E-state index contributed by atoms with van der Waals surface area (Å²) in [5, 5.41) is 4.04. The molecule has 1 fully saturated rings. The standard InChI is InChI=1S/C20H23N3O4/c1-25-18-7-4-15(5-8-18)20(24)22-21-14-16-3-6-17(13-19(16)26-2)23-9-11-27-12-10-23/h3-8,13-14H,9-12H2,1-2H3,(H,22,24)/b21-14-. The van der Waals surface area contributed by atoms with Gasteiger partial charge in [0.05, 0.1) is 33.6 Å². The van der Waals surface area contributed by atoms with Gasteiger partial charge in [-0.3, -0.25) is 4.79 Å². The summed E-state index contributed by atoms with van der Waals surface area (Å²) in [5.41, 5.74) is 4.88. The zero-order chi connectivity index (χ0) is 19.1. The van der Waals surface area contributed by atoms with Crippen molar-refractivity contribution in [3.8, 4) is 11.5 Å². The highest BCUT2D eigenvalue weighted by Gasteiger charge is 2.13. The summed E-state index contributed by atoms with van der Waals surface area (Å²) in [6.45, 7) is 3.16. The Morgan fingerprint density at radius 2 is 1.85 bits per heavy atom. The third-order valence-electron chi connectivity index (χ3n) is 4.32. The van der Waals surface area contributed by atoms with Gasteiger partial charge in [0.2, 0.25) is 0 Å². The largest absolute Gasteiger partial charge is 0.497 e. The number of nitrogens with one attached hydrogen (secondary N) is 1. The Morgan fingerprint density at radius 1 is 1.11 bits per heavy atom. The highest BCUT2D eigenvalue weighted by Crippen LogP contribution is 2.25. The molecule has 0 bridgehead atoms. The van der Waals surface area contributed by atoms with Crippen molar-refractivity contribution in [3.63, 3.8) is 0 Å². The van der Waals surface area contributed by atoms with Gasteiger partial charge in [0.15, 0.2) is 0 Å². The maximum Gasteiger partial charge on any atom is 0.271 e. The number of hydrazone groups is 1. The molecule has 1 saturated heterocycles. The van der Waals surface area contributed by atoms with Crippen molar-refractivity contribution < 1.29 is 19.0 Å². The van der Waals surface area contributed by atoms with Gasteiger partial charge in [-0.2, -0.15) is 5.10 Å². The smallest absolute Gasteiger partial charge is 0.271 e. The van der Waals surface area contributed by atoms with Crippen LogP contribution in [0.1, 0.15) is 15.9 Å². The Kier molecular flexibility index (Phi) is 6.27. The van der Waals surface area contributed by atoms with Crippen LogP contribution in [0.4, 0.5) is 5.69 Å². The van der Waals surface area contributed by atoms with Gasteiger partial charge in [-0.05, 0) is 36.4 Å². The molecule has 1 heterocycles. The monoisotopic (exact) mass is 369 g/mol. The number of benzene rings is 2. The number of carbonyl (C=O) groups is 1. The fraction of sp³-hybridized carbons (Fsp3) is 0.300. The molecule has 1 aliphatic rings. The van der Waals surface area contributed by atoms with E-state index in [9.17, 15) is 4.79 Å². The van der Waals surface area contributed by atoms with Crippen molar-refractivity contribution in [2.45, 2.75) is 0 Å². The van der Waals surface area contributed by atoms with Crippen molar-refractivity contribution in [2.24, 2.45) is 5.10 Å². The van der Waals surface area contributed by atoms with Gasteiger partial charge in [0, 0.05) is 36.0 Å². The number of hydrogen-bond donors (Lipinski definition) is 1. The minimum atomic E-state index is -0.294. The highest BCUT2D eigenvalue weighted by atomic mass is 16.5. The lowest BCUT2D eigenvalue weighted by Crippen LogP contribution is -2.36. The Labute approximate surface area is 158 Å². The number of carbonyl (C=O) groups excluding carboxylic acids is 1. The lowest BCUT2D eigenvalue weighted by Gasteiger charge is -2.29. The van der Waals surface area contributed by atoms with Crippen LogP contribution in [0.3, 0.4) is 0 Å². The van der Waals surface area contributed by atoms with Gasteiger partial charge in [-0.15, -0.1) is 0 Å². The number of anilines is 1. The van der Waals surface area contributed by atoms with E-state index in [2.05, 4.69) is 15.4 Å². The molecule has 3 rings (SSSR count). The van der Waals surface area contributed by atoms with E-state index in [4.69, 9.17) is 14.2 Å². The second kappa shape index (κ2) is 9.05.